The molecule has 3 aliphatic heterocycles. The van der Waals surface area contributed by atoms with Gasteiger partial charge in [0.15, 0.2) is 18.7 Å². The van der Waals surface area contributed by atoms with E-state index in [2.05, 4.69) is 34.8 Å². The number of ether oxygens (including phenoxy) is 7. The third-order valence-electron chi connectivity index (χ3n) is 20.2. The minimum absolute atomic E-state index is 0.00493. The minimum Gasteiger partial charge on any atom is -0.479 e. The number of hydrogen-bond donors (Lipinski definition) is 10. The number of ketones is 1. The predicted octanol–water partition coefficient (Wildman–Crippen LogP) is 3.61. The molecular weight excluding hydrogens is 1170 g/mol. The smallest absolute Gasteiger partial charge is 0.332 e. The van der Waals surface area contributed by atoms with Crippen LogP contribution in [0.2, 0.25) is 0 Å². The molecule has 1 aromatic heterocycles. The Morgan fingerprint density at radius 3 is 2.11 bits per heavy atom. The lowest BCUT2D eigenvalue weighted by molar-refractivity contribution is -0.338. The Kier molecular flexibility index (Phi) is 25.1. The van der Waals surface area contributed by atoms with Crippen molar-refractivity contribution in [1.82, 2.24) is 25.6 Å². The van der Waals surface area contributed by atoms with Crippen LogP contribution < -0.4 is 10.6 Å². The molecule has 5 fully saturated rings. The number of aliphatic hydroxyl groups is 7. The van der Waals surface area contributed by atoms with Crippen molar-refractivity contribution >= 4 is 23.6 Å². The van der Waals surface area contributed by atoms with Crippen molar-refractivity contribution in [2.75, 3.05) is 26.9 Å². The van der Waals surface area contributed by atoms with Gasteiger partial charge in [0.1, 0.15) is 78.5 Å². The molecule has 5 aliphatic rings. The lowest BCUT2D eigenvalue weighted by Crippen LogP contribution is -2.67. The fraction of sp³-hybridized carbons (Fsp3) is 0.727. The van der Waals surface area contributed by atoms with Gasteiger partial charge in [0, 0.05) is 38.5 Å². The number of carbonyl (C=O) groups excluding carboxylic acids is 3. The number of carboxylic acid groups (broad SMARTS) is 1. The lowest BCUT2D eigenvalue weighted by atomic mass is 9.74. The number of amides is 2. The van der Waals surface area contributed by atoms with Gasteiger partial charge in [0.25, 0.3) is 0 Å². The first-order valence-corrected chi connectivity index (χ1v) is 32.3. The van der Waals surface area contributed by atoms with E-state index in [-0.39, 0.29) is 56.8 Å². The zero-order valence-electron chi connectivity index (χ0n) is 53.8. The van der Waals surface area contributed by atoms with Crippen LogP contribution in [0.5, 0.6) is 0 Å². The van der Waals surface area contributed by atoms with E-state index in [0.717, 1.165) is 76.6 Å². The van der Waals surface area contributed by atoms with E-state index in [1.807, 2.05) is 58.9 Å². The highest BCUT2D eigenvalue weighted by Crippen LogP contribution is 2.42. The molecule has 24 nitrogen and oxygen atoms in total. The third-order valence-corrected chi connectivity index (χ3v) is 20.2. The van der Waals surface area contributed by atoms with Gasteiger partial charge in [-0.2, -0.15) is 0 Å². The van der Waals surface area contributed by atoms with Crippen molar-refractivity contribution in [1.29, 1.82) is 0 Å². The quantitative estimate of drug-likeness (QED) is 0.0513. The molecule has 0 spiro atoms. The Bertz CT molecular complexity index is 2860. The van der Waals surface area contributed by atoms with Crippen LogP contribution in [0, 0.1) is 65.2 Å². The van der Waals surface area contributed by atoms with Gasteiger partial charge >= 0.3 is 5.97 Å². The number of hydrogen-bond acceptors (Lipinski definition) is 20. The summed E-state index contributed by atoms with van der Waals surface area (Å²) in [5.74, 6) is -4.53. The zero-order chi connectivity index (χ0) is 65.4. The summed E-state index contributed by atoms with van der Waals surface area (Å²) >= 11 is 0. The van der Waals surface area contributed by atoms with E-state index in [9.17, 15) is 60.0 Å². The van der Waals surface area contributed by atoms with E-state index in [4.69, 9.17) is 33.2 Å². The molecule has 3 aromatic rings. The Morgan fingerprint density at radius 2 is 1.47 bits per heavy atom. The molecule has 10 N–H and O–H groups in total. The van der Waals surface area contributed by atoms with Crippen LogP contribution in [0.4, 0.5) is 0 Å². The van der Waals surface area contributed by atoms with Crippen LogP contribution in [0.3, 0.4) is 0 Å². The standard InChI is InChI=1S/C66H99N5O19/c1-11-41-27-44(28-48(59(41)90-66-58(80)57(79)54(76)38(8)85-66)88-65-52(68-39(9)74)61(56(78)51(31-73)89-65)86-49(64(82)83)26-40-16-13-12-14-17-40)47(75)18-15-23-67-63(81)45(22-21-42-20-19-32(2)36(6)37(42)7)60-62(84-10)53(55(77)50(30-72)87-60)71-29-46(69-70-71)43-24-33(3)35(5)34(4)25-43/h19-20,24-25,29,38,40-41,44-45,48-62,65-66,72-73,76-80H,11-18,21-23,26-28,30-31H2,1-10H3,(H,67,81)(H,68,74)(H,82,83)/t38-,41?,44?,45-,48+,49-,50?,51-,52?,53?,54-,55-,56-,57?,58-,59+,60-,61?,62+,65+,66?/m0/s1. The molecule has 502 valence electrons. The molecule has 90 heavy (non-hydrogen) atoms. The van der Waals surface area contributed by atoms with Gasteiger partial charge in [-0.1, -0.05) is 62.8 Å². The average molecular weight is 1270 g/mol. The molecule has 3 saturated heterocycles. The number of nitrogens with zero attached hydrogens (tertiary/aromatic N) is 3. The van der Waals surface area contributed by atoms with Gasteiger partial charge in [-0.15, -0.1) is 5.10 Å². The number of carbonyl (C=O) groups is 4. The molecular formula is C66H99N5O19. The van der Waals surface area contributed by atoms with Gasteiger partial charge in [0.2, 0.25) is 11.8 Å². The van der Waals surface area contributed by atoms with Crippen LogP contribution >= 0.6 is 0 Å². The van der Waals surface area contributed by atoms with E-state index >= 15 is 0 Å². The molecule has 24 heteroatoms. The first kappa shape index (κ1) is 71.0. The first-order valence-electron chi connectivity index (χ1n) is 32.3. The van der Waals surface area contributed by atoms with E-state index in [1.165, 1.54) is 25.6 Å². The van der Waals surface area contributed by atoms with Crippen molar-refractivity contribution in [3.8, 4) is 11.3 Å². The number of benzene rings is 2. The molecule has 2 saturated carbocycles. The number of aliphatic carboxylic acids is 1. The lowest BCUT2D eigenvalue weighted by Gasteiger charge is -2.49. The Labute approximate surface area is 527 Å². The van der Waals surface area contributed by atoms with Crippen LogP contribution in [0.25, 0.3) is 11.3 Å². The van der Waals surface area contributed by atoms with Crippen LogP contribution in [-0.2, 0) is 58.8 Å². The van der Waals surface area contributed by atoms with Crippen molar-refractivity contribution in [2.45, 2.75) is 256 Å². The van der Waals surface area contributed by atoms with Gasteiger partial charge in [-0.05, 0) is 150 Å². The second-order valence-electron chi connectivity index (χ2n) is 26.0. The van der Waals surface area contributed by atoms with E-state index in [1.54, 1.807) is 6.20 Å². The van der Waals surface area contributed by atoms with Gasteiger partial charge in [-0.25, -0.2) is 9.48 Å². The third kappa shape index (κ3) is 16.3. The summed E-state index contributed by atoms with van der Waals surface area (Å²) in [4.78, 5) is 55.6. The monoisotopic (exact) mass is 1270 g/mol. The van der Waals surface area contributed by atoms with E-state index in [0.29, 0.717) is 18.5 Å². The maximum absolute atomic E-state index is 14.9. The van der Waals surface area contributed by atoms with Gasteiger partial charge < -0.3 is 84.6 Å². The molecule has 4 heterocycles. The molecule has 2 aromatic carbocycles. The molecule has 2 aliphatic carbocycles. The van der Waals surface area contributed by atoms with Crippen LogP contribution in [0.1, 0.15) is 143 Å². The summed E-state index contributed by atoms with van der Waals surface area (Å²) in [5, 5.41) is 103. The molecule has 2 amide bonds. The second kappa shape index (κ2) is 31.8. The number of Topliss-reactive ketones (excluding diaryl/α,β-unsaturated/α-hetero) is 1. The van der Waals surface area contributed by atoms with Crippen molar-refractivity contribution in [3.05, 3.63) is 69.4 Å². The molecule has 8 rings (SSSR count). The Morgan fingerprint density at radius 1 is 0.778 bits per heavy atom. The van der Waals surface area contributed by atoms with Crippen molar-refractivity contribution in [3.63, 3.8) is 0 Å². The van der Waals surface area contributed by atoms with Crippen LogP contribution in [-0.4, -0.2) is 210 Å². The maximum Gasteiger partial charge on any atom is 0.332 e. The fourth-order valence-electron chi connectivity index (χ4n) is 14.2. The predicted molar refractivity (Wildman–Crippen MR) is 326 cm³/mol. The Balaban J connectivity index is 1.03. The highest BCUT2D eigenvalue weighted by molar-refractivity contribution is 5.82. The maximum atomic E-state index is 14.9. The number of carboxylic acids is 1. The summed E-state index contributed by atoms with van der Waals surface area (Å²) < 4.78 is 46.0. The summed E-state index contributed by atoms with van der Waals surface area (Å²) in [6.45, 7) is 15.6. The SMILES string of the molecule is CCC1CC(C(=O)CCCNC(=O)[C@@H](CCc2ccc(C)c(C)c2C)[C@@H]2OC(CO)[C@H](O)C(n3cc(-c4cc(C)c(C)c(C)c4)nn3)[C@H]2OC)C[C@@H](O[C@@H]2O[C@@H](CO)[C@H](O)C(O[C@@H](CC3CCCCC3)C(=O)O)C2NC(C)=O)[C@@H]1OC1O[C@@H](C)[C@H](O)C(O)[C@@H]1O. The summed E-state index contributed by atoms with van der Waals surface area (Å²) in [6, 6.07) is 5.82. The molecule has 8 unspecified atom stereocenters. The van der Waals surface area contributed by atoms with Crippen molar-refractivity contribution < 1.29 is 93.2 Å². The number of aryl methyl sites for hydroxylation is 4. The average Bonchev–Trinajstić information content (AvgIpc) is 1.30. The number of aliphatic hydroxyl groups excluding tert-OH is 7. The first-order chi connectivity index (χ1) is 42.9. The molecule has 21 atom stereocenters. The highest BCUT2D eigenvalue weighted by atomic mass is 16.7. The van der Waals surface area contributed by atoms with Gasteiger partial charge in [0.05, 0.1) is 49.7 Å². The number of aromatic nitrogens is 3. The fourth-order valence-corrected chi connectivity index (χ4v) is 14.2. The van der Waals surface area contributed by atoms with E-state index < -0.39 is 159 Å². The van der Waals surface area contributed by atoms with Gasteiger partial charge in [-0.3, -0.25) is 14.4 Å². The second-order valence-corrected chi connectivity index (χ2v) is 26.0. The molecule has 0 radical (unpaired) electrons. The largest absolute Gasteiger partial charge is 0.479 e. The number of rotatable bonds is 26. The Hall–Kier alpha value is -4.90. The number of nitrogens with one attached hydrogen (secondary N) is 2. The summed E-state index contributed by atoms with van der Waals surface area (Å²) in [6.07, 6.45) is -13.4. The summed E-state index contributed by atoms with van der Waals surface area (Å²) in [5.41, 5.74) is 9.07. The topological polar surface area (TPSA) is 350 Å². The minimum atomic E-state index is -1.71. The zero-order valence-corrected chi connectivity index (χ0v) is 53.8. The number of methoxy groups -OCH3 is 1. The highest BCUT2D eigenvalue weighted by Gasteiger charge is 2.54. The molecule has 0 bridgehead atoms. The normalized spacial score (nSPS) is 33.3. The van der Waals surface area contributed by atoms with Crippen molar-refractivity contribution in [2.24, 2.45) is 23.7 Å². The van der Waals surface area contributed by atoms with Crippen LogP contribution in [0.15, 0.2) is 30.5 Å². The summed E-state index contributed by atoms with van der Waals surface area (Å²) in [7, 11) is 1.47.